The van der Waals surface area contributed by atoms with Crippen LogP contribution in [0.3, 0.4) is 0 Å². The maximum atomic E-state index is 13.5. The minimum Gasteiger partial charge on any atom is -0.497 e. The lowest BCUT2D eigenvalue weighted by atomic mass is 10.0. The van der Waals surface area contributed by atoms with Crippen LogP contribution < -0.4 is 29.6 Å². The third-order valence-corrected chi connectivity index (χ3v) is 9.85. The van der Waals surface area contributed by atoms with E-state index in [2.05, 4.69) is 10.6 Å². The number of methoxy groups -OCH3 is 1. The molecular formula is C32H38N4O9S. The summed E-state index contributed by atoms with van der Waals surface area (Å²) in [7, 11) is -0.897. The van der Waals surface area contributed by atoms with Gasteiger partial charge in [0, 0.05) is 42.5 Å². The monoisotopic (exact) mass is 654 g/mol. The SMILES string of the molecule is COc1ccc(S(=O)(=O)N(C)C[C@H]2Oc3ccc(NC(=O)Nc4ccc5c(c4)OCO5)cc3CC(=O)N([C@@H](C)CO)C[C@H]2C)cc1. The van der Waals surface area contributed by atoms with Crippen LogP contribution in [0.25, 0.3) is 0 Å². The standard InChI is InChI=1S/C32H38N4O9S/c1-20-16-36(21(2)18-37)31(38)14-22-13-23(33-32(39)34-24-6-12-28-29(15-24)44-19-43-28)5-11-27(22)45-30(20)17-35(3)46(40,41)26-9-7-25(42-4)8-10-26/h5-13,15,20-21,30,37H,14,16-19H2,1-4H3,(H2,33,34,39)/t20-,21+,30-/m1/s1. The van der Waals surface area contributed by atoms with Crippen LogP contribution in [0.5, 0.6) is 23.0 Å². The van der Waals surface area contributed by atoms with Gasteiger partial charge in [-0.15, -0.1) is 0 Å². The van der Waals surface area contributed by atoms with Crippen molar-refractivity contribution in [1.29, 1.82) is 0 Å². The van der Waals surface area contributed by atoms with Crippen LogP contribution in [0.15, 0.2) is 65.6 Å². The van der Waals surface area contributed by atoms with Gasteiger partial charge in [0.05, 0.1) is 37.6 Å². The average molecular weight is 655 g/mol. The van der Waals surface area contributed by atoms with E-state index in [0.717, 1.165) is 0 Å². The second-order valence-corrected chi connectivity index (χ2v) is 13.4. The zero-order chi connectivity index (χ0) is 33.0. The van der Waals surface area contributed by atoms with Crippen molar-refractivity contribution < 1.29 is 42.1 Å². The Morgan fingerprint density at radius 2 is 1.70 bits per heavy atom. The summed E-state index contributed by atoms with van der Waals surface area (Å²) in [6, 6.07) is 15.1. The number of anilines is 2. The van der Waals surface area contributed by atoms with Crippen LogP contribution in [0.4, 0.5) is 16.2 Å². The van der Waals surface area contributed by atoms with Crippen LogP contribution in [0.1, 0.15) is 19.4 Å². The van der Waals surface area contributed by atoms with E-state index in [1.165, 1.54) is 30.6 Å². The molecule has 0 radical (unpaired) electrons. The molecule has 3 N–H and O–H groups in total. The van der Waals surface area contributed by atoms with Gasteiger partial charge in [-0.05, 0) is 61.5 Å². The van der Waals surface area contributed by atoms with Crippen molar-refractivity contribution in [1.82, 2.24) is 9.21 Å². The van der Waals surface area contributed by atoms with Gasteiger partial charge >= 0.3 is 6.03 Å². The molecule has 2 aliphatic rings. The highest BCUT2D eigenvalue weighted by Gasteiger charge is 2.33. The first kappa shape index (κ1) is 32.9. The fourth-order valence-corrected chi connectivity index (χ4v) is 6.46. The number of carbonyl (C=O) groups is 2. The van der Waals surface area contributed by atoms with E-state index in [0.29, 0.717) is 39.9 Å². The number of rotatable bonds is 9. The summed E-state index contributed by atoms with van der Waals surface area (Å²) < 4.78 is 50.4. The Balaban J connectivity index is 1.38. The summed E-state index contributed by atoms with van der Waals surface area (Å²) in [5.74, 6) is 1.49. The first-order valence-corrected chi connectivity index (χ1v) is 16.2. The predicted octanol–water partition coefficient (Wildman–Crippen LogP) is 3.54. The van der Waals surface area contributed by atoms with Gasteiger partial charge in [0.25, 0.3) is 0 Å². The largest absolute Gasteiger partial charge is 0.497 e. The topological polar surface area (TPSA) is 156 Å². The first-order chi connectivity index (χ1) is 22.0. The Labute approximate surface area is 268 Å². The number of benzene rings is 3. The van der Waals surface area contributed by atoms with Gasteiger partial charge in [-0.2, -0.15) is 4.31 Å². The fraction of sp³-hybridized carbons (Fsp3) is 0.375. The van der Waals surface area contributed by atoms with Crippen LogP contribution in [-0.4, -0.2) is 87.5 Å². The highest BCUT2D eigenvalue weighted by atomic mass is 32.2. The van der Waals surface area contributed by atoms with Crippen molar-refractivity contribution in [3.8, 4) is 23.0 Å². The molecule has 2 aliphatic heterocycles. The molecule has 0 saturated heterocycles. The number of urea groups is 1. The number of likely N-dealkylation sites (N-methyl/N-ethyl adjacent to an activating group) is 1. The minimum absolute atomic E-state index is 0.0115. The summed E-state index contributed by atoms with van der Waals surface area (Å²) in [4.78, 5) is 28.1. The molecule has 0 fully saturated rings. The van der Waals surface area contributed by atoms with Crippen molar-refractivity contribution in [2.24, 2.45) is 5.92 Å². The van der Waals surface area contributed by atoms with Crippen molar-refractivity contribution in [3.05, 3.63) is 66.2 Å². The zero-order valence-electron chi connectivity index (χ0n) is 26.1. The van der Waals surface area contributed by atoms with E-state index in [1.54, 1.807) is 60.4 Å². The molecular weight excluding hydrogens is 616 g/mol. The number of fused-ring (bicyclic) bond motifs is 2. The van der Waals surface area contributed by atoms with Gasteiger partial charge in [-0.25, -0.2) is 13.2 Å². The number of hydrogen-bond donors (Lipinski definition) is 3. The van der Waals surface area contributed by atoms with Gasteiger partial charge in [0.2, 0.25) is 22.7 Å². The minimum atomic E-state index is -3.88. The van der Waals surface area contributed by atoms with E-state index in [4.69, 9.17) is 18.9 Å². The molecule has 3 amide bonds. The molecule has 3 aromatic rings. The number of aliphatic hydroxyl groups excluding tert-OH is 1. The Kier molecular flexibility index (Phi) is 9.89. The van der Waals surface area contributed by atoms with Crippen LogP contribution in [0, 0.1) is 5.92 Å². The molecule has 46 heavy (non-hydrogen) atoms. The maximum Gasteiger partial charge on any atom is 0.323 e. The van der Waals surface area contributed by atoms with Gasteiger partial charge in [-0.3, -0.25) is 4.79 Å². The molecule has 0 aromatic heterocycles. The number of nitrogens with zero attached hydrogens (tertiary/aromatic N) is 2. The normalized spacial score (nSPS) is 18.5. The quantitative estimate of drug-likeness (QED) is 0.314. The lowest BCUT2D eigenvalue weighted by molar-refractivity contribution is -0.134. The Morgan fingerprint density at radius 3 is 2.37 bits per heavy atom. The van der Waals surface area contributed by atoms with Gasteiger partial charge < -0.3 is 39.6 Å². The highest BCUT2D eigenvalue weighted by Crippen LogP contribution is 2.34. The van der Waals surface area contributed by atoms with E-state index in [1.807, 2.05) is 6.92 Å². The van der Waals surface area contributed by atoms with Crippen molar-refractivity contribution in [3.63, 3.8) is 0 Å². The number of ether oxygens (including phenoxy) is 4. The summed E-state index contributed by atoms with van der Waals surface area (Å²) in [5.41, 5.74) is 1.42. The van der Waals surface area contributed by atoms with E-state index >= 15 is 0 Å². The van der Waals surface area contributed by atoms with E-state index in [9.17, 15) is 23.1 Å². The summed E-state index contributed by atoms with van der Waals surface area (Å²) >= 11 is 0. The Hall–Kier alpha value is -4.53. The van der Waals surface area contributed by atoms with E-state index < -0.39 is 28.2 Å². The van der Waals surface area contributed by atoms with Crippen molar-refractivity contribution in [2.45, 2.75) is 37.3 Å². The molecule has 2 heterocycles. The number of carbonyl (C=O) groups excluding carboxylic acids is 2. The second-order valence-electron chi connectivity index (χ2n) is 11.3. The lowest BCUT2D eigenvalue weighted by Crippen LogP contribution is -2.48. The van der Waals surface area contributed by atoms with Crippen LogP contribution in [-0.2, 0) is 21.2 Å². The Bertz CT molecular complexity index is 1680. The maximum absolute atomic E-state index is 13.5. The summed E-state index contributed by atoms with van der Waals surface area (Å²) in [6.07, 6.45) is -0.720. The highest BCUT2D eigenvalue weighted by molar-refractivity contribution is 7.89. The second kappa shape index (κ2) is 13.8. The van der Waals surface area contributed by atoms with Gasteiger partial charge in [0.15, 0.2) is 11.5 Å². The molecule has 246 valence electrons. The third kappa shape index (κ3) is 7.30. The number of hydrogen-bond acceptors (Lipinski definition) is 9. The molecule has 13 nitrogen and oxygen atoms in total. The number of sulfonamides is 1. The number of nitrogens with one attached hydrogen (secondary N) is 2. The molecule has 3 atom stereocenters. The smallest absolute Gasteiger partial charge is 0.323 e. The molecule has 0 unspecified atom stereocenters. The third-order valence-electron chi connectivity index (χ3n) is 8.01. The van der Waals surface area contributed by atoms with Gasteiger partial charge in [-0.1, -0.05) is 6.92 Å². The fourth-order valence-electron chi connectivity index (χ4n) is 5.27. The average Bonchev–Trinajstić information content (AvgIpc) is 3.52. The molecule has 14 heteroatoms. The molecule has 5 rings (SSSR count). The summed E-state index contributed by atoms with van der Waals surface area (Å²) in [6.45, 7) is 3.72. The zero-order valence-corrected chi connectivity index (χ0v) is 26.9. The first-order valence-electron chi connectivity index (χ1n) is 14.8. The molecule has 0 spiro atoms. The van der Waals surface area contributed by atoms with Crippen LogP contribution in [0.2, 0.25) is 0 Å². The summed E-state index contributed by atoms with van der Waals surface area (Å²) in [5, 5.41) is 15.5. The van der Waals surface area contributed by atoms with Crippen LogP contribution >= 0.6 is 0 Å². The molecule has 3 aromatic carbocycles. The van der Waals surface area contributed by atoms with Crippen molar-refractivity contribution >= 4 is 33.3 Å². The molecule has 0 aliphatic carbocycles. The lowest BCUT2D eigenvalue weighted by Gasteiger charge is -2.33. The molecule has 0 saturated carbocycles. The number of amides is 3. The predicted molar refractivity (Wildman–Crippen MR) is 170 cm³/mol. The van der Waals surface area contributed by atoms with Crippen molar-refractivity contribution in [2.75, 3.05) is 51.3 Å². The molecule has 0 bridgehead atoms. The Morgan fingerprint density at radius 1 is 1.04 bits per heavy atom. The number of aliphatic hydroxyl groups is 1. The van der Waals surface area contributed by atoms with E-state index in [-0.39, 0.29) is 49.6 Å². The van der Waals surface area contributed by atoms with Gasteiger partial charge in [0.1, 0.15) is 17.6 Å².